The minimum atomic E-state index is 0.393. The molecule has 4 fully saturated rings. The van der Waals surface area contributed by atoms with Crippen LogP contribution in [-0.2, 0) is 14.2 Å². The van der Waals surface area contributed by atoms with Gasteiger partial charge in [0.05, 0.1) is 6.10 Å². The van der Waals surface area contributed by atoms with Gasteiger partial charge in [-0.15, -0.1) is 0 Å². The van der Waals surface area contributed by atoms with E-state index in [0.29, 0.717) is 29.4 Å². The number of guanidine groups is 1. The minimum Gasteiger partial charge on any atom is -0.381 e. The van der Waals surface area contributed by atoms with Gasteiger partial charge >= 0.3 is 0 Å². The summed E-state index contributed by atoms with van der Waals surface area (Å²) in [4.78, 5) is 4.81. The number of hydrogen-bond donors (Lipinski definition) is 2. The molecule has 6 heteroatoms. The van der Waals surface area contributed by atoms with E-state index < -0.39 is 0 Å². The zero-order valence-electron chi connectivity index (χ0n) is 16.9. The summed E-state index contributed by atoms with van der Waals surface area (Å²) in [7, 11) is 0. The van der Waals surface area contributed by atoms with Crippen molar-refractivity contribution < 1.29 is 14.2 Å². The molecule has 2 aliphatic carbocycles. The number of ether oxygens (including phenoxy) is 3. The molecule has 0 bridgehead atoms. The summed E-state index contributed by atoms with van der Waals surface area (Å²) in [6.07, 6.45) is 8.93. The van der Waals surface area contributed by atoms with E-state index in [1.54, 1.807) is 0 Å². The van der Waals surface area contributed by atoms with E-state index in [2.05, 4.69) is 17.6 Å². The molecule has 154 valence electrons. The topological polar surface area (TPSA) is 64.1 Å². The highest BCUT2D eigenvalue weighted by molar-refractivity contribution is 5.80. The van der Waals surface area contributed by atoms with Crippen molar-refractivity contribution in [3.05, 3.63) is 0 Å². The van der Waals surface area contributed by atoms with E-state index in [1.807, 2.05) is 0 Å². The molecule has 3 unspecified atom stereocenters. The Hall–Kier alpha value is -0.850. The van der Waals surface area contributed by atoms with Crippen molar-refractivity contribution in [3.63, 3.8) is 0 Å². The molecule has 6 nitrogen and oxygen atoms in total. The zero-order chi connectivity index (χ0) is 18.5. The molecule has 2 N–H and O–H groups in total. The Bertz CT molecular complexity index is 503. The van der Waals surface area contributed by atoms with Gasteiger partial charge in [-0.2, -0.15) is 0 Å². The fourth-order valence-electron chi connectivity index (χ4n) is 5.44. The lowest BCUT2D eigenvalue weighted by molar-refractivity contribution is -0.171. The number of rotatable bonds is 8. The summed E-state index contributed by atoms with van der Waals surface area (Å²) in [6, 6.07) is 0.543. The number of nitrogens with one attached hydrogen (secondary N) is 2. The maximum Gasteiger partial charge on any atom is 0.191 e. The Morgan fingerprint density at radius 2 is 2.04 bits per heavy atom. The van der Waals surface area contributed by atoms with Crippen molar-refractivity contribution in [2.45, 2.75) is 64.0 Å². The van der Waals surface area contributed by atoms with Crippen LogP contribution < -0.4 is 10.6 Å². The standard InChI is InChI=1S/C21H37N3O3/c1-2-22-20(23-10-4-11-26-15-16-5-12-25-13-6-16)24-18-17-7-14-27-19(17)21(18)8-3-9-21/h16-19H,2-15H2,1H3,(H2,22,23,24). The summed E-state index contributed by atoms with van der Waals surface area (Å²) in [5, 5.41) is 7.20. The molecule has 2 saturated carbocycles. The highest BCUT2D eigenvalue weighted by Crippen LogP contribution is 2.62. The Kier molecular flexibility index (Phi) is 6.56. The Morgan fingerprint density at radius 1 is 1.19 bits per heavy atom. The van der Waals surface area contributed by atoms with Crippen LogP contribution in [0.4, 0.5) is 0 Å². The highest BCUT2D eigenvalue weighted by atomic mass is 16.5. The molecule has 4 aliphatic rings. The van der Waals surface area contributed by atoms with Gasteiger partial charge in [0, 0.05) is 63.5 Å². The first-order chi connectivity index (χ1) is 13.3. The van der Waals surface area contributed by atoms with Crippen LogP contribution in [0.15, 0.2) is 4.99 Å². The van der Waals surface area contributed by atoms with Crippen LogP contribution in [0.2, 0.25) is 0 Å². The van der Waals surface area contributed by atoms with Crippen molar-refractivity contribution >= 4 is 5.96 Å². The second kappa shape index (κ2) is 9.10. The average Bonchev–Trinajstić information content (AvgIpc) is 3.07. The first-order valence-electron chi connectivity index (χ1n) is 11.2. The van der Waals surface area contributed by atoms with Gasteiger partial charge in [-0.25, -0.2) is 0 Å². The number of fused-ring (bicyclic) bond motifs is 2. The lowest BCUT2D eigenvalue weighted by atomic mass is 9.46. The van der Waals surface area contributed by atoms with Gasteiger partial charge in [0.1, 0.15) is 0 Å². The molecule has 0 amide bonds. The Labute approximate surface area is 163 Å². The SMILES string of the molecule is CCNC(=NCCCOCC1CCOCC1)NC1C2CCOC2C12CCC2. The summed E-state index contributed by atoms with van der Waals surface area (Å²) in [5.41, 5.74) is 0.393. The monoisotopic (exact) mass is 379 g/mol. The normalized spacial score (nSPS) is 32.6. The van der Waals surface area contributed by atoms with E-state index >= 15 is 0 Å². The first-order valence-corrected chi connectivity index (χ1v) is 11.2. The second-order valence-corrected chi connectivity index (χ2v) is 8.70. The molecule has 3 atom stereocenters. The number of aliphatic imine (C=N–C) groups is 1. The molecule has 27 heavy (non-hydrogen) atoms. The quantitative estimate of drug-likeness (QED) is 0.385. The smallest absolute Gasteiger partial charge is 0.191 e. The van der Waals surface area contributed by atoms with Crippen LogP contribution in [0.3, 0.4) is 0 Å². The van der Waals surface area contributed by atoms with E-state index in [1.165, 1.54) is 25.7 Å². The molecule has 2 aliphatic heterocycles. The number of nitrogens with zero attached hydrogens (tertiary/aromatic N) is 1. The molecule has 2 heterocycles. The van der Waals surface area contributed by atoms with Gasteiger partial charge in [-0.3, -0.25) is 4.99 Å². The molecule has 0 aromatic carbocycles. The van der Waals surface area contributed by atoms with Crippen molar-refractivity contribution in [1.29, 1.82) is 0 Å². The molecule has 0 aromatic rings. The van der Waals surface area contributed by atoms with Gasteiger partial charge in [-0.1, -0.05) is 6.42 Å². The molecule has 2 saturated heterocycles. The fourth-order valence-corrected chi connectivity index (χ4v) is 5.44. The molecule has 4 rings (SSSR count). The van der Waals surface area contributed by atoms with Crippen molar-refractivity contribution in [2.75, 3.05) is 46.1 Å². The van der Waals surface area contributed by atoms with Gasteiger partial charge in [0.15, 0.2) is 5.96 Å². The molecular weight excluding hydrogens is 342 g/mol. The maximum atomic E-state index is 6.03. The first kappa shape index (κ1) is 19.5. The predicted molar refractivity (Wildman–Crippen MR) is 106 cm³/mol. The van der Waals surface area contributed by atoms with Crippen molar-refractivity contribution in [3.8, 4) is 0 Å². The minimum absolute atomic E-state index is 0.393. The summed E-state index contributed by atoms with van der Waals surface area (Å²) >= 11 is 0. The maximum absolute atomic E-state index is 6.03. The molecular formula is C21H37N3O3. The van der Waals surface area contributed by atoms with Crippen LogP contribution >= 0.6 is 0 Å². The Morgan fingerprint density at radius 3 is 2.78 bits per heavy atom. The predicted octanol–water partition coefficient (Wildman–Crippen LogP) is 2.33. The molecule has 1 spiro atoms. The van der Waals surface area contributed by atoms with Gasteiger partial charge in [0.25, 0.3) is 0 Å². The van der Waals surface area contributed by atoms with E-state index in [9.17, 15) is 0 Å². The van der Waals surface area contributed by atoms with Crippen LogP contribution in [0.5, 0.6) is 0 Å². The lowest BCUT2D eigenvalue weighted by Gasteiger charge is -2.63. The third kappa shape index (κ3) is 4.13. The van der Waals surface area contributed by atoms with Gasteiger partial charge < -0.3 is 24.8 Å². The van der Waals surface area contributed by atoms with Crippen LogP contribution in [-0.4, -0.2) is 64.2 Å². The van der Waals surface area contributed by atoms with Crippen LogP contribution in [0.25, 0.3) is 0 Å². The van der Waals surface area contributed by atoms with E-state index in [-0.39, 0.29) is 0 Å². The zero-order valence-corrected chi connectivity index (χ0v) is 16.9. The third-order valence-electron chi connectivity index (χ3n) is 7.08. The van der Waals surface area contributed by atoms with Gasteiger partial charge in [0.2, 0.25) is 0 Å². The molecule has 0 aromatic heterocycles. The van der Waals surface area contributed by atoms with E-state index in [4.69, 9.17) is 19.2 Å². The van der Waals surface area contributed by atoms with E-state index in [0.717, 1.165) is 71.3 Å². The summed E-state index contributed by atoms with van der Waals surface area (Å²) in [6.45, 7) is 8.25. The molecule has 0 radical (unpaired) electrons. The largest absolute Gasteiger partial charge is 0.381 e. The summed E-state index contributed by atoms with van der Waals surface area (Å²) < 4.78 is 17.3. The Balaban J connectivity index is 1.19. The van der Waals surface area contributed by atoms with Gasteiger partial charge in [-0.05, 0) is 51.4 Å². The van der Waals surface area contributed by atoms with Crippen molar-refractivity contribution in [2.24, 2.45) is 22.2 Å². The van der Waals surface area contributed by atoms with Crippen LogP contribution in [0, 0.1) is 17.3 Å². The average molecular weight is 380 g/mol. The van der Waals surface area contributed by atoms with Crippen LogP contribution in [0.1, 0.15) is 51.9 Å². The fraction of sp³-hybridized carbons (Fsp3) is 0.952. The highest BCUT2D eigenvalue weighted by Gasteiger charge is 2.66. The van der Waals surface area contributed by atoms with Crippen molar-refractivity contribution in [1.82, 2.24) is 10.6 Å². The number of hydrogen-bond acceptors (Lipinski definition) is 4. The third-order valence-corrected chi connectivity index (χ3v) is 7.08. The lowest BCUT2D eigenvalue weighted by Crippen LogP contribution is -2.72. The summed E-state index contributed by atoms with van der Waals surface area (Å²) in [5.74, 6) is 2.33. The second-order valence-electron chi connectivity index (χ2n) is 8.70.